The molecule has 0 spiro atoms. The molecular weight excluding hydrogens is 242 g/mol. The normalized spacial score (nSPS) is 33.5. The van der Waals surface area contributed by atoms with Crippen LogP contribution in [0.4, 0.5) is 0 Å². The molecule has 2 saturated heterocycles. The topological polar surface area (TPSA) is 32.5 Å². The van der Waals surface area contributed by atoms with Gasteiger partial charge in [-0.05, 0) is 50.3 Å². The fraction of sp³-hybridized carbons (Fsp3) is 1.00. The van der Waals surface area contributed by atoms with Crippen molar-refractivity contribution < 1.29 is 0 Å². The van der Waals surface area contributed by atoms with Crippen LogP contribution in [-0.2, 0) is 0 Å². The van der Waals surface area contributed by atoms with Crippen LogP contribution in [0, 0.1) is 5.92 Å². The molecule has 106 valence electrons. The molecule has 0 amide bonds. The molecule has 2 fully saturated rings. The molecule has 0 radical (unpaired) electrons. The van der Waals surface area contributed by atoms with E-state index >= 15 is 0 Å². The van der Waals surface area contributed by atoms with E-state index in [1.807, 2.05) is 0 Å². The Morgan fingerprint density at radius 2 is 2.22 bits per heavy atom. The maximum atomic E-state index is 6.12. The number of nitrogens with two attached hydrogens (primary N) is 1. The molecule has 0 aromatic carbocycles. The molecular formula is C14H29N3S. The number of hydrogen-bond acceptors (Lipinski definition) is 4. The summed E-state index contributed by atoms with van der Waals surface area (Å²) in [7, 11) is 2.26. The SMILES string of the molecule is CCC1CN(C)CCCN1C(CN)C1CCSC1. The summed E-state index contributed by atoms with van der Waals surface area (Å²) in [5.41, 5.74) is 6.12. The number of hydrogen-bond donors (Lipinski definition) is 1. The number of nitrogens with zero attached hydrogens (tertiary/aromatic N) is 2. The van der Waals surface area contributed by atoms with Crippen LogP contribution < -0.4 is 5.73 Å². The van der Waals surface area contributed by atoms with Gasteiger partial charge in [0.2, 0.25) is 0 Å². The molecule has 2 heterocycles. The first kappa shape index (κ1) is 14.6. The highest BCUT2D eigenvalue weighted by molar-refractivity contribution is 7.99. The standard InChI is InChI=1S/C14H29N3S/c1-3-13-10-16(2)6-4-7-17(13)14(9-15)12-5-8-18-11-12/h12-14H,3-11,15H2,1-2H3. The lowest BCUT2D eigenvalue weighted by molar-refractivity contribution is 0.0995. The molecule has 2 rings (SSSR count). The van der Waals surface area contributed by atoms with Crippen LogP contribution in [0.5, 0.6) is 0 Å². The molecule has 2 aliphatic heterocycles. The highest BCUT2D eigenvalue weighted by Gasteiger charge is 2.33. The van der Waals surface area contributed by atoms with E-state index in [0.29, 0.717) is 12.1 Å². The first-order valence-corrected chi connectivity index (χ1v) is 8.63. The van der Waals surface area contributed by atoms with E-state index in [0.717, 1.165) is 12.5 Å². The molecule has 3 nitrogen and oxygen atoms in total. The summed E-state index contributed by atoms with van der Waals surface area (Å²) in [6.07, 6.45) is 3.92. The molecule has 0 aromatic rings. The van der Waals surface area contributed by atoms with Gasteiger partial charge in [-0.3, -0.25) is 4.90 Å². The molecule has 0 aromatic heterocycles. The van der Waals surface area contributed by atoms with Crippen molar-refractivity contribution in [3.05, 3.63) is 0 Å². The molecule has 2 N–H and O–H groups in total. The van der Waals surface area contributed by atoms with Gasteiger partial charge in [0.25, 0.3) is 0 Å². The van der Waals surface area contributed by atoms with Crippen molar-refractivity contribution in [2.24, 2.45) is 11.7 Å². The fourth-order valence-electron chi connectivity index (χ4n) is 3.52. The summed E-state index contributed by atoms with van der Waals surface area (Å²) in [6.45, 7) is 6.86. The quantitative estimate of drug-likeness (QED) is 0.839. The lowest BCUT2D eigenvalue weighted by atomic mass is 9.95. The summed E-state index contributed by atoms with van der Waals surface area (Å²) < 4.78 is 0. The van der Waals surface area contributed by atoms with Crippen LogP contribution in [0.3, 0.4) is 0 Å². The summed E-state index contributed by atoms with van der Waals surface area (Å²) >= 11 is 2.11. The van der Waals surface area contributed by atoms with E-state index in [1.165, 1.54) is 50.4 Å². The Morgan fingerprint density at radius 3 is 2.83 bits per heavy atom. The first-order chi connectivity index (χ1) is 8.76. The smallest absolute Gasteiger partial charge is 0.0258 e. The van der Waals surface area contributed by atoms with Crippen molar-refractivity contribution in [1.29, 1.82) is 0 Å². The molecule has 2 aliphatic rings. The van der Waals surface area contributed by atoms with Crippen LogP contribution in [0.2, 0.25) is 0 Å². The van der Waals surface area contributed by atoms with Gasteiger partial charge in [-0.15, -0.1) is 0 Å². The van der Waals surface area contributed by atoms with Gasteiger partial charge < -0.3 is 10.6 Å². The predicted molar refractivity (Wildman–Crippen MR) is 81.2 cm³/mol. The second-order valence-corrected chi connectivity index (χ2v) is 6.99. The second-order valence-electron chi connectivity index (χ2n) is 5.84. The number of rotatable bonds is 4. The first-order valence-electron chi connectivity index (χ1n) is 7.48. The van der Waals surface area contributed by atoms with E-state index in [9.17, 15) is 0 Å². The van der Waals surface area contributed by atoms with Crippen molar-refractivity contribution in [2.75, 3.05) is 44.7 Å². The maximum Gasteiger partial charge on any atom is 0.0258 e. The monoisotopic (exact) mass is 271 g/mol. The van der Waals surface area contributed by atoms with Crippen molar-refractivity contribution in [3.8, 4) is 0 Å². The van der Waals surface area contributed by atoms with Crippen LogP contribution in [-0.4, -0.2) is 66.6 Å². The van der Waals surface area contributed by atoms with Gasteiger partial charge in [-0.25, -0.2) is 0 Å². The third-order valence-electron chi connectivity index (χ3n) is 4.60. The van der Waals surface area contributed by atoms with Gasteiger partial charge in [0.1, 0.15) is 0 Å². The molecule has 0 aliphatic carbocycles. The van der Waals surface area contributed by atoms with Crippen LogP contribution in [0.1, 0.15) is 26.2 Å². The minimum Gasteiger partial charge on any atom is -0.329 e. The zero-order valence-electron chi connectivity index (χ0n) is 12.0. The zero-order valence-corrected chi connectivity index (χ0v) is 12.8. The van der Waals surface area contributed by atoms with E-state index in [4.69, 9.17) is 5.73 Å². The van der Waals surface area contributed by atoms with Gasteiger partial charge in [0.05, 0.1) is 0 Å². The molecule has 3 atom stereocenters. The van der Waals surface area contributed by atoms with Crippen LogP contribution in [0.25, 0.3) is 0 Å². The molecule has 4 heteroatoms. The number of thioether (sulfide) groups is 1. The highest BCUT2D eigenvalue weighted by Crippen LogP contribution is 2.30. The Morgan fingerprint density at radius 1 is 1.39 bits per heavy atom. The predicted octanol–water partition coefficient (Wildman–Crippen LogP) is 1.48. The fourth-order valence-corrected chi connectivity index (χ4v) is 4.84. The van der Waals surface area contributed by atoms with Crippen molar-refractivity contribution in [1.82, 2.24) is 9.80 Å². The zero-order chi connectivity index (χ0) is 13.0. The third kappa shape index (κ3) is 3.41. The average Bonchev–Trinajstić information content (AvgIpc) is 2.82. The largest absolute Gasteiger partial charge is 0.329 e. The van der Waals surface area contributed by atoms with Gasteiger partial charge in [-0.2, -0.15) is 11.8 Å². The van der Waals surface area contributed by atoms with Gasteiger partial charge in [-0.1, -0.05) is 6.92 Å². The summed E-state index contributed by atoms with van der Waals surface area (Å²) in [5, 5.41) is 0. The molecule has 3 unspecified atom stereocenters. The van der Waals surface area contributed by atoms with Gasteiger partial charge in [0, 0.05) is 31.7 Å². The summed E-state index contributed by atoms with van der Waals surface area (Å²) in [4.78, 5) is 5.24. The molecule has 0 bridgehead atoms. The molecule has 0 saturated carbocycles. The Labute approximate surface area is 116 Å². The lowest BCUT2D eigenvalue weighted by Crippen LogP contribution is -2.52. The Bertz CT molecular complexity index is 243. The van der Waals surface area contributed by atoms with E-state index in [1.54, 1.807) is 0 Å². The Kier molecular flexibility index (Phi) is 5.80. The Balaban J connectivity index is 2.05. The molecule has 18 heavy (non-hydrogen) atoms. The van der Waals surface area contributed by atoms with E-state index in [2.05, 4.69) is 35.5 Å². The third-order valence-corrected chi connectivity index (χ3v) is 5.78. The van der Waals surface area contributed by atoms with Crippen molar-refractivity contribution in [3.63, 3.8) is 0 Å². The minimum absolute atomic E-state index is 0.622. The summed E-state index contributed by atoms with van der Waals surface area (Å²) in [6, 6.07) is 1.33. The minimum atomic E-state index is 0.622. The van der Waals surface area contributed by atoms with Gasteiger partial charge >= 0.3 is 0 Å². The number of likely N-dealkylation sites (N-methyl/N-ethyl adjacent to an activating group) is 1. The van der Waals surface area contributed by atoms with Crippen molar-refractivity contribution >= 4 is 11.8 Å². The van der Waals surface area contributed by atoms with Crippen LogP contribution >= 0.6 is 11.8 Å². The lowest BCUT2D eigenvalue weighted by Gasteiger charge is -2.39. The summed E-state index contributed by atoms with van der Waals surface area (Å²) in [5.74, 6) is 3.49. The van der Waals surface area contributed by atoms with E-state index in [-0.39, 0.29) is 0 Å². The van der Waals surface area contributed by atoms with Gasteiger partial charge in [0.15, 0.2) is 0 Å². The van der Waals surface area contributed by atoms with Crippen LogP contribution in [0.15, 0.2) is 0 Å². The average molecular weight is 271 g/mol. The maximum absolute atomic E-state index is 6.12. The Hall–Kier alpha value is 0.230. The second kappa shape index (κ2) is 7.13. The van der Waals surface area contributed by atoms with Crippen molar-refractivity contribution in [2.45, 2.75) is 38.3 Å². The highest BCUT2D eigenvalue weighted by atomic mass is 32.2. The van der Waals surface area contributed by atoms with E-state index < -0.39 is 0 Å².